The lowest BCUT2D eigenvalue weighted by molar-refractivity contribution is -0.383. The van der Waals surface area contributed by atoms with Gasteiger partial charge in [-0.25, -0.2) is 12.8 Å². The minimum absolute atomic E-state index is 0.0235. The van der Waals surface area contributed by atoms with E-state index in [0.717, 1.165) is 18.2 Å². The molecule has 0 aliphatic rings. The molecule has 0 fully saturated rings. The molecular formula is C10H7BrFN3O4S2. The monoisotopic (exact) mass is 395 g/mol. The van der Waals surface area contributed by atoms with Crippen LogP contribution >= 0.6 is 27.3 Å². The minimum atomic E-state index is -4.10. The van der Waals surface area contributed by atoms with Crippen LogP contribution in [0.2, 0.25) is 0 Å². The second kappa shape index (κ2) is 5.58. The van der Waals surface area contributed by atoms with Crippen LogP contribution in [-0.4, -0.2) is 13.3 Å². The lowest BCUT2D eigenvalue weighted by Gasteiger charge is -2.07. The molecule has 1 heterocycles. The van der Waals surface area contributed by atoms with Gasteiger partial charge in [0.05, 0.1) is 10.6 Å². The summed E-state index contributed by atoms with van der Waals surface area (Å²) in [6.07, 6.45) is 0. The van der Waals surface area contributed by atoms with Crippen LogP contribution in [0.4, 0.5) is 20.8 Å². The van der Waals surface area contributed by atoms with E-state index in [1.165, 1.54) is 6.07 Å². The number of nitrogens with one attached hydrogen (secondary N) is 1. The molecule has 0 aliphatic carbocycles. The summed E-state index contributed by atoms with van der Waals surface area (Å²) in [5.74, 6) is -0.632. The van der Waals surface area contributed by atoms with E-state index in [2.05, 4.69) is 20.7 Å². The van der Waals surface area contributed by atoms with E-state index in [-0.39, 0.29) is 14.9 Å². The minimum Gasteiger partial charge on any atom is -0.385 e. The van der Waals surface area contributed by atoms with Crippen molar-refractivity contribution in [3.05, 3.63) is 44.7 Å². The van der Waals surface area contributed by atoms with Crippen molar-refractivity contribution in [3.8, 4) is 0 Å². The Bertz CT molecular complexity index is 822. The number of thiophene rings is 1. The van der Waals surface area contributed by atoms with Crippen molar-refractivity contribution < 1.29 is 17.7 Å². The van der Waals surface area contributed by atoms with Crippen LogP contribution < -0.4 is 10.5 Å². The molecule has 0 unspecified atom stereocenters. The predicted octanol–water partition coefficient (Wildman–Crippen LogP) is 2.94. The van der Waals surface area contributed by atoms with Crippen LogP contribution in [0.25, 0.3) is 0 Å². The third kappa shape index (κ3) is 3.31. The van der Waals surface area contributed by atoms with Crippen molar-refractivity contribution >= 4 is 53.7 Å². The summed E-state index contributed by atoms with van der Waals surface area (Å²) in [4.78, 5) is 9.90. The van der Waals surface area contributed by atoms with Crippen molar-refractivity contribution in [2.45, 2.75) is 4.21 Å². The summed E-state index contributed by atoms with van der Waals surface area (Å²) < 4.78 is 39.5. The maximum Gasteiger partial charge on any atom is 0.304 e. The van der Waals surface area contributed by atoms with Gasteiger partial charge in [0.15, 0.2) is 5.00 Å². The Labute approximate surface area is 130 Å². The van der Waals surface area contributed by atoms with Gasteiger partial charge in [0.2, 0.25) is 0 Å². The molecule has 1 aromatic carbocycles. The second-order valence-electron chi connectivity index (χ2n) is 3.80. The molecule has 0 spiro atoms. The third-order valence-electron chi connectivity index (χ3n) is 2.35. The van der Waals surface area contributed by atoms with Gasteiger partial charge in [-0.05, 0) is 34.1 Å². The molecule has 1 aromatic heterocycles. The number of nitrogen functional groups attached to an aromatic ring is 1. The topological polar surface area (TPSA) is 115 Å². The SMILES string of the molecule is Nc1sc(S(=O)(=O)Nc2cc(F)ccc2Br)cc1[N+](=O)[O-]. The quantitative estimate of drug-likeness (QED) is 0.609. The number of nitrogens with two attached hydrogens (primary N) is 1. The number of hydrogen-bond acceptors (Lipinski definition) is 6. The molecule has 0 radical (unpaired) electrons. The highest BCUT2D eigenvalue weighted by Crippen LogP contribution is 2.36. The number of sulfonamides is 1. The summed E-state index contributed by atoms with van der Waals surface area (Å²) in [5, 5.41) is 10.5. The van der Waals surface area contributed by atoms with Crippen LogP contribution in [0, 0.1) is 15.9 Å². The lowest BCUT2D eigenvalue weighted by atomic mass is 10.3. The molecule has 21 heavy (non-hydrogen) atoms. The average molecular weight is 396 g/mol. The molecule has 11 heteroatoms. The van der Waals surface area contributed by atoms with E-state index in [0.29, 0.717) is 15.8 Å². The van der Waals surface area contributed by atoms with Gasteiger partial charge in [-0.3, -0.25) is 14.8 Å². The molecule has 2 rings (SSSR count). The number of nitro groups is 1. The molecule has 3 N–H and O–H groups in total. The highest BCUT2D eigenvalue weighted by atomic mass is 79.9. The van der Waals surface area contributed by atoms with E-state index in [1.807, 2.05) is 0 Å². The van der Waals surface area contributed by atoms with Crippen LogP contribution in [0.5, 0.6) is 0 Å². The fourth-order valence-electron chi connectivity index (χ4n) is 1.42. The first-order valence-electron chi connectivity index (χ1n) is 5.22. The molecule has 112 valence electrons. The number of hydrogen-bond donors (Lipinski definition) is 2. The Kier molecular flexibility index (Phi) is 4.16. The van der Waals surface area contributed by atoms with Crippen molar-refractivity contribution in [2.75, 3.05) is 10.5 Å². The molecule has 7 nitrogen and oxygen atoms in total. The zero-order valence-corrected chi connectivity index (χ0v) is 13.3. The van der Waals surface area contributed by atoms with E-state index < -0.39 is 26.5 Å². The standard InChI is InChI=1S/C10H7BrFN3O4S2/c11-6-2-1-5(12)3-7(6)14-21(18,19)9-4-8(15(16)17)10(13)20-9/h1-4,14H,13H2. The summed E-state index contributed by atoms with van der Waals surface area (Å²) in [6, 6.07) is 4.32. The highest BCUT2D eigenvalue weighted by Gasteiger charge is 2.25. The normalized spacial score (nSPS) is 11.3. The summed E-state index contributed by atoms with van der Waals surface area (Å²) in [5.41, 5.74) is 4.89. The molecule has 0 aliphatic heterocycles. The van der Waals surface area contributed by atoms with Crippen molar-refractivity contribution in [1.82, 2.24) is 0 Å². The zero-order valence-electron chi connectivity index (χ0n) is 10.0. The van der Waals surface area contributed by atoms with Crippen LogP contribution in [-0.2, 0) is 10.0 Å². The summed E-state index contributed by atoms with van der Waals surface area (Å²) >= 11 is 3.63. The van der Waals surface area contributed by atoms with Crippen LogP contribution in [0.3, 0.4) is 0 Å². The van der Waals surface area contributed by atoms with Gasteiger partial charge in [0, 0.05) is 10.5 Å². The number of benzene rings is 1. The Morgan fingerprint density at radius 1 is 1.38 bits per heavy atom. The fraction of sp³-hybridized carbons (Fsp3) is 0. The smallest absolute Gasteiger partial charge is 0.304 e. The second-order valence-corrected chi connectivity index (χ2v) is 7.65. The molecule has 0 saturated heterocycles. The molecule has 0 atom stereocenters. The van der Waals surface area contributed by atoms with Gasteiger partial charge in [-0.15, -0.1) is 0 Å². The molecule has 0 saturated carbocycles. The maximum atomic E-state index is 13.1. The maximum absolute atomic E-state index is 13.1. The number of nitrogens with zero attached hydrogens (tertiary/aromatic N) is 1. The predicted molar refractivity (Wildman–Crippen MR) is 80.3 cm³/mol. The third-order valence-corrected chi connectivity index (χ3v) is 5.84. The van der Waals surface area contributed by atoms with Gasteiger partial charge >= 0.3 is 5.69 Å². The Hall–Kier alpha value is -1.72. The molecule has 0 bridgehead atoms. The molecular weight excluding hydrogens is 389 g/mol. The van der Waals surface area contributed by atoms with Crippen molar-refractivity contribution in [3.63, 3.8) is 0 Å². The zero-order chi connectivity index (χ0) is 15.8. The summed E-state index contributed by atoms with van der Waals surface area (Å²) in [6.45, 7) is 0. The average Bonchev–Trinajstić information content (AvgIpc) is 2.77. The summed E-state index contributed by atoms with van der Waals surface area (Å²) in [7, 11) is -4.10. The van der Waals surface area contributed by atoms with E-state index >= 15 is 0 Å². The highest BCUT2D eigenvalue weighted by molar-refractivity contribution is 9.10. The Balaban J connectivity index is 2.41. The van der Waals surface area contributed by atoms with E-state index in [9.17, 15) is 22.9 Å². The first kappa shape index (κ1) is 15.7. The number of halogens is 2. The van der Waals surface area contributed by atoms with Gasteiger partial charge in [-0.2, -0.15) is 0 Å². The van der Waals surface area contributed by atoms with Gasteiger partial charge < -0.3 is 5.73 Å². The molecule has 2 aromatic rings. The van der Waals surface area contributed by atoms with Gasteiger partial charge in [-0.1, -0.05) is 11.3 Å². The van der Waals surface area contributed by atoms with Gasteiger partial charge in [0.1, 0.15) is 10.0 Å². The Morgan fingerprint density at radius 2 is 2.05 bits per heavy atom. The first-order chi connectivity index (χ1) is 9.70. The van der Waals surface area contributed by atoms with Gasteiger partial charge in [0.25, 0.3) is 10.0 Å². The van der Waals surface area contributed by atoms with E-state index in [1.54, 1.807) is 0 Å². The Morgan fingerprint density at radius 3 is 2.62 bits per heavy atom. The number of anilines is 2. The first-order valence-corrected chi connectivity index (χ1v) is 8.31. The number of rotatable bonds is 4. The lowest BCUT2D eigenvalue weighted by Crippen LogP contribution is -2.12. The van der Waals surface area contributed by atoms with Crippen molar-refractivity contribution in [2.24, 2.45) is 0 Å². The fourth-order valence-corrected chi connectivity index (χ4v) is 4.18. The van der Waals surface area contributed by atoms with Crippen molar-refractivity contribution in [1.29, 1.82) is 0 Å². The van der Waals surface area contributed by atoms with Crippen LogP contribution in [0.1, 0.15) is 0 Å². The van der Waals surface area contributed by atoms with E-state index in [4.69, 9.17) is 5.73 Å². The van der Waals surface area contributed by atoms with Crippen LogP contribution in [0.15, 0.2) is 32.9 Å². The largest absolute Gasteiger partial charge is 0.385 e. The molecule has 0 amide bonds.